The number of aromatic nitrogens is 6. The molecule has 0 aromatic carbocycles. The highest BCUT2D eigenvalue weighted by atomic mass is 19.4. The fourth-order valence-corrected chi connectivity index (χ4v) is 1.83. The number of aliphatic carboxylic acids is 1. The highest BCUT2D eigenvalue weighted by molar-refractivity contribution is 5.90. The predicted molar refractivity (Wildman–Crippen MR) is 74.9 cm³/mol. The Bertz CT molecular complexity index is 768. The van der Waals surface area contributed by atoms with Crippen molar-refractivity contribution in [3.05, 3.63) is 17.5 Å². The van der Waals surface area contributed by atoms with Crippen molar-refractivity contribution in [3.8, 4) is 5.95 Å². The van der Waals surface area contributed by atoms with E-state index >= 15 is 0 Å². The number of unbranched alkanes of at least 4 members (excludes halogenated alkanes) is 1. The predicted octanol–water partition coefficient (Wildman–Crippen LogP) is 0.697. The molecule has 0 spiro atoms. The Morgan fingerprint density at radius 3 is 2.60 bits per heavy atom. The van der Waals surface area contributed by atoms with Gasteiger partial charge in [0.25, 0.3) is 11.9 Å². The molecule has 13 heteroatoms. The first-order valence-corrected chi connectivity index (χ1v) is 7.12. The minimum atomic E-state index is -4.68. The van der Waals surface area contributed by atoms with Gasteiger partial charge in [-0.25, -0.2) is 4.98 Å². The molecule has 10 nitrogen and oxygen atoms in total. The number of alkyl halides is 3. The third-order valence-electron chi connectivity index (χ3n) is 3.01. The van der Waals surface area contributed by atoms with Gasteiger partial charge in [-0.05, 0) is 19.8 Å². The Balaban J connectivity index is 2.00. The van der Waals surface area contributed by atoms with Crippen LogP contribution in [-0.4, -0.2) is 53.5 Å². The lowest BCUT2D eigenvalue weighted by Gasteiger charge is -2.01. The molecule has 136 valence electrons. The molecule has 0 aliphatic carbocycles. The Labute approximate surface area is 138 Å². The number of rotatable bonds is 7. The van der Waals surface area contributed by atoms with Crippen LogP contribution in [0.5, 0.6) is 0 Å². The molecule has 1 amide bonds. The summed E-state index contributed by atoms with van der Waals surface area (Å²) in [5.74, 6) is -3.37. The van der Waals surface area contributed by atoms with Gasteiger partial charge < -0.3 is 10.4 Å². The van der Waals surface area contributed by atoms with Gasteiger partial charge >= 0.3 is 12.1 Å². The molecule has 0 fully saturated rings. The number of H-pyrrole nitrogens is 1. The molecule has 2 heterocycles. The summed E-state index contributed by atoms with van der Waals surface area (Å²) in [6.07, 6.45) is -3.84. The van der Waals surface area contributed by atoms with Crippen molar-refractivity contribution < 1.29 is 27.9 Å². The van der Waals surface area contributed by atoms with Gasteiger partial charge in [0, 0.05) is 13.0 Å². The maximum atomic E-state index is 12.5. The molecular formula is C12H14F3N7O3. The summed E-state index contributed by atoms with van der Waals surface area (Å²) in [6, 6.07) is 0. The van der Waals surface area contributed by atoms with Crippen LogP contribution >= 0.6 is 0 Å². The first kappa shape index (κ1) is 18.4. The lowest BCUT2D eigenvalue weighted by Crippen LogP contribution is -2.25. The van der Waals surface area contributed by atoms with E-state index in [1.165, 1.54) is 6.92 Å². The fourth-order valence-electron chi connectivity index (χ4n) is 1.83. The second-order valence-corrected chi connectivity index (χ2v) is 4.98. The molecule has 0 bridgehead atoms. The molecule has 0 atom stereocenters. The SMILES string of the molecule is Cc1nc(C(=O)NCCCCC(=O)O)nn1-c1n[nH]c(C(F)(F)F)n1. The molecule has 2 rings (SSSR count). The second kappa shape index (κ2) is 7.27. The van der Waals surface area contributed by atoms with Crippen LogP contribution in [0.1, 0.15) is 41.5 Å². The van der Waals surface area contributed by atoms with Crippen molar-refractivity contribution in [2.45, 2.75) is 32.4 Å². The number of aromatic amines is 1. The van der Waals surface area contributed by atoms with E-state index in [9.17, 15) is 22.8 Å². The van der Waals surface area contributed by atoms with Crippen LogP contribution in [0, 0.1) is 6.92 Å². The van der Waals surface area contributed by atoms with Gasteiger partial charge in [0.2, 0.25) is 11.6 Å². The molecule has 2 aromatic rings. The number of nitrogens with one attached hydrogen (secondary N) is 2. The summed E-state index contributed by atoms with van der Waals surface area (Å²) < 4.78 is 38.5. The van der Waals surface area contributed by atoms with Gasteiger partial charge in [-0.15, -0.1) is 10.2 Å². The average molecular weight is 361 g/mol. The summed E-state index contributed by atoms with van der Waals surface area (Å²) in [5, 5.41) is 19.9. The molecule has 3 N–H and O–H groups in total. The first-order valence-electron chi connectivity index (χ1n) is 7.12. The topological polar surface area (TPSA) is 139 Å². The number of aryl methyl sites for hydroxylation is 1. The van der Waals surface area contributed by atoms with Crippen LogP contribution in [0.4, 0.5) is 13.2 Å². The van der Waals surface area contributed by atoms with Crippen molar-refractivity contribution in [1.82, 2.24) is 35.3 Å². The number of halogens is 3. The zero-order valence-electron chi connectivity index (χ0n) is 13.0. The molecule has 25 heavy (non-hydrogen) atoms. The van der Waals surface area contributed by atoms with E-state index in [0.717, 1.165) is 4.68 Å². The van der Waals surface area contributed by atoms with Crippen LogP contribution in [-0.2, 0) is 11.0 Å². The number of carbonyl (C=O) groups is 2. The summed E-state index contributed by atoms with van der Waals surface area (Å²) >= 11 is 0. The minimum absolute atomic E-state index is 0.00573. The number of carboxylic acids is 1. The number of amides is 1. The molecule has 0 radical (unpaired) electrons. The quantitative estimate of drug-likeness (QED) is 0.617. The van der Waals surface area contributed by atoms with Crippen molar-refractivity contribution in [3.63, 3.8) is 0 Å². The number of hydrogen-bond donors (Lipinski definition) is 3. The van der Waals surface area contributed by atoms with Gasteiger partial charge in [-0.1, -0.05) is 0 Å². The van der Waals surface area contributed by atoms with E-state index in [1.807, 2.05) is 0 Å². The second-order valence-electron chi connectivity index (χ2n) is 4.98. The van der Waals surface area contributed by atoms with Gasteiger partial charge in [0.1, 0.15) is 5.82 Å². The van der Waals surface area contributed by atoms with Crippen LogP contribution in [0.2, 0.25) is 0 Å². The van der Waals surface area contributed by atoms with Crippen molar-refractivity contribution in [2.24, 2.45) is 0 Å². The first-order chi connectivity index (χ1) is 11.7. The maximum Gasteiger partial charge on any atom is 0.451 e. The molecule has 2 aromatic heterocycles. The highest BCUT2D eigenvalue weighted by Crippen LogP contribution is 2.26. The lowest BCUT2D eigenvalue weighted by molar-refractivity contribution is -0.144. The molecule has 0 saturated carbocycles. The van der Waals surface area contributed by atoms with Crippen molar-refractivity contribution >= 4 is 11.9 Å². The van der Waals surface area contributed by atoms with Gasteiger partial charge in [-0.3, -0.25) is 14.7 Å². The largest absolute Gasteiger partial charge is 0.481 e. The fraction of sp³-hybridized carbons (Fsp3) is 0.500. The molecule has 0 aliphatic rings. The summed E-state index contributed by atoms with van der Waals surface area (Å²) in [4.78, 5) is 29.4. The van der Waals surface area contributed by atoms with E-state index < -0.39 is 29.8 Å². The van der Waals surface area contributed by atoms with Crippen LogP contribution in [0.3, 0.4) is 0 Å². The van der Waals surface area contributed by atoms with Crippen LogP contribution < -0.4 is 5.32 Å². The van der Waals surface area contributed by atoms with Crippen LogP contribution in [0.25, 0.3) is 5.95 Å². The summed E-state index contributed by atoms with van der Waals surface area (Å²) in [7, 11) is 0. The zero-order valence-corrected chi connectivity index (χ0v) is 13.0. The normalized spacial score (nSPS) is 11.5. The van der Waals surface area contributed by atoms with E-state index in [4.69, 9.17) is 5.11 Å². The van der Waals surface area contributed by atoms with Crippen molar-refractivity contribution in [1.29, 1.82) is 0 Å². The molecule has 0 aliphatic heterocycles. The summed E-state index contributed by atoms with van der Waals surface area (Å²) in [6.45, 7) is 1.65. The van der Waals surface area contributed by atoms with E-state index in [1.54, 1.807) is 5.10 Å². The van der Waals surface area contributed by atoms with Gasteiger partial charge in [0.15, 0.2) is 0 Å². The lowest BCUT2D eigenvalue weighted by atomic mass is 10.2. The highest BCUT2D eigenvalue weighted by Gasteiger charge is 2.35. The standard InChI is InChI=1S/C12H14F3N7O3/c1-6-17-8(9(25)16-5-3-2-4-7(23)24)21-22(6)11-18-10(19-20-11)12(13,14)15/h2-5H2,1H3,(H,16,25)(H,23,24)(H,18,19,20). The van der Waals surface area contributed by atoms with Gasteiger partial charge in [0.05, 0.1) is 0 Å². The number of hydrogen-bond acceptors (Lipinski definition) is 6. The summed E-state index contributed by atoms with van der Waals surface area (Å²) in [5.41, 5.74) is 0. The van der Waals surface area contributed by atoms with Crippen LogP contribution in [0.15, 0.2) is 0 Å². The Morgan fingerprint density at radius 1 is 1.28 bits per heavy atom. The number of nitrogens with zero attached hydrogens (tertiary/aromatic N) is 5. The average Bonchev–Trinajstić information content (AvgIpc) is 3.12. The number of carboxylic acid groups (broad SMARTS) is 1. The Kier molecular flexibility index (Phi) is 5.34. The Hall–Kier alpha value is -2.99. The Morgan fingerprint density at radius 2 is 2.00 bits per heavy atom. The van der Waals surface area contributed by atoms with E-state index in [2.05, 4.69) is 25.5 Å². The molecule has 0 unspecified atom stereocenters. The zero-order chi connectivity index (χ0) is 18.6. The number of carbonyl (C=O) groups excluding carboxylic acids is 1. The van der Waals surface area contributed by atoms with Crippen molar-refractivity contribution in [2.75, 3.05) is 6.54 Å². The third-order valence-corrected chi connectivity index (χ3v) is 3.01. The van der Waals surface area contributed by atoms with E-state index in [0.29, 0.717) is 12.8 Å². The van der Waals surface area contributed by atoms with Gasteiger partial charge in [-0.2, -0.15) is 22.8 Å². The smallest absolute Gasteiger partial charge is 0.451 e. The monoisotopic (exact) mass is 361 g/mol. The maximum absolute atomic E-state index is 12.5. The molecule has 0 saturated heterocycles. The van der Waals surface area contributed by atoms with E-state index in [-0.39, 0.29) is 24.6 Å². The third kappa shape index (κ3) is 4.74. The minimum Gasteiger partial charge on any atom is -0.481 e. The molecular weight excluding hydrogens is 347 g/mol.